The Morgan fingerprint density at radius 1 is 1.71 bits per heavy atom. The molecule has 1 radical (unpaired) electrons. The van der Waals surface area contributed by atoms with Gasteiger partial charge in [-0.25, -0.2) is 0 Å². The van der Waals surface area contributed by atoms with Crippen LogP contribution < -0.4 is 0 Å². The van der Waals surface area contributed by atoms with Crippen molar-refractivity contribution in [3.63, 3.8) is 0 Å². The van der Waals surface area contributed by atoms with Gasteiger partial charge in [-0.1, -0.05) is 0 Å². The van der Waals surface area contributed by atoms with E-state index < -0.39 is 0 Å². The van der Waals surface area contributed by atoms with Crippen LogP contribution in [0.25, 0.3) is 0 Å². The minimum absolute atomic E-state index is 0. The summed E-state index contributed by atoms with van der Waals surface area (Å²) in [5, 5.41) is 0. The zero-order valence-corrected chi connectivity index (χ0v) is 7.57. The van der Waals surface area contributed by atoms with Crippen LogP contribution in [0.2, 0.25) is 0 Å². The molecule has 0 heterocycles. The molecule has 0 aromatic rings. The van der Waals surface area contributed by atoms with Crippen LogP contribution in [-0.2, 0) is 32.7 Å². The molecule has 1 heteroatoms. The average molecular weight is 169 g/mol. The van der Waals surface area contributed by atoms with Crippen molar-refractivity contribution < 1.29 is 32.7 Å². The summed E-state index contributed by atoms with van der Waals surface area (Å²) >= 11 is 0. The molecule has 0 bridgehead atoms. The molecule has 0 nitrogen and oxygen atoms in total. The topological polar surface area (TPSA) is 0 Å². The van der Waals surface area contributed by atoms with Crippen molar-refractivity contribution in [3.8, 4) is 0 Å². The number of hydrogen-bond donors (Lipinski definition) is 0. The summed E-state index contributed by atoms with van der Waals surface area (Å²) in [6.45, 7) is 8.79. The summed E-state index contributed by atoms with van der Waals surface area (Å²) in [7, 11) is 0. The molecular formula is C6H8Y-2. The first-order valence-corrected chi connectivity index (χ1v) is 1.87. The molecule has 0 saturated heterocycles. The van der Waals surface area contributed by atoms with Gasteiger partial charge in [0.05, 0.1) is 0 Å². The monoisotopic (exact) mass is 169 g/mol. The van der Waals surface area contributed by atoms with E-state index in [1.54, 1.807) is 0 Å². The smallest absolute Gasteiger partial charge is 0 e. The Hall–Kier alpha value is 0.584. The zero-order valence-electron chi connectivity index (χ0n) is 4.73. The van der Waals surface area contributed by atoms with Gasteiger partial charge in [0.1, 0.15) is 0 Å². The van der Waals surface area contributed by atoms with E-state index in [1.165, 1.54) is 6.08 Å². The van der Waals surface area contributed by atoms with Gasteiger partial charge in [0.15, 0.2) is 0 Å². The molecule has 7 heavy (non-hydrogen) atoms. The summed E-state index contributed by atoms with van der Waals surface area (Å²) in [6, 6.07) is 0. The Bertz CT molecular complexity index is 72.2. The fraction of sp³-hybridized carbons (Fsp3) is 0.333. The number of rotatable bonds is 1. The standard InChI is InChI=1S/C6H8.Y/c1-4-6(3)5-2;/h1,4H,2-3H3;/q-2;. The van der Waals surface area contributed by atoms with E-state index in [9.17, 15) is 0 Å². The Morgan fingerprint density at radius 2 is 2.14 bits per heavy atom. The van der Waals surface area contributed by atoms with Gasteiger partial charge in [-0.2, -0.15) is 0 Å². The number of allylic oxidation sites excluding steroid dienone is 3. The molecule has 0 aromatic heterocycles. The largest absolute Gasteiger partial charge is 0.394 e. The first-order chi connectivity index (χ1) is 2.81. The fourth-order valence-electron chi connectivity index (χ4n) is 0.0833. The molecule has 0 atom stereocenters. The van der Waals surface area contributed by atoms with E-state index in [0.29, 0.717) is 0 Å². The number of hydrogen-bond acceptors (Lipinski definition) is 0. The van der Waals surface area contributed by atoms with E-state index in [1.807, 2.05) is 13.8 Å². The van der Waals surface area contributed by atoms with Crippen molar-refractivity contribution >= 4 is 0 Å². The minimum Gasteiger partial charge on any atom is -0.394 e. The first-order valence-electron chi connectivity index (χ1n) is 1.87. The van der Waals surface area contributed by atoms with Gasteiger partial charge in [0.25, 0.3) is 0 Å². The summed E-state index contributed by atoms with van der Waals surface area (Å²) < 4.78 is 0. The predicted molar refractivity (Wildman–Crippen MR) is 27.0 cm³/mol. The second-order valence-corrected chi connectivity index (χ2v) is 1.10. The molecule has 0 aliphatic rings. The average Bonchev–Trinajstić information content (AvgIpc) is 1.65. The Kier molecular flexibility index (Phi) is 9.92. The Balaban J connectivity index is 0. The van der Waals surface area contributed by atoms with Crippen molar-refractivity contribution in [3.05, 3.63) is 24.3 Å². The molecule has 0 amide bonds. The van der Waals surface area contributed by atoms with E-state index in [-0.39, 0.29) is 32.7 Å². The first kappa shape index (κ1) is 10.5. The third-order valence-corrected chi connectivity index (χ3v) is 0.644. The van der Waals surface area contributed by atoms with Crippen molar-refractivity contribution in [2.75, 3.05) is 0 Å². The van der Waals surface area contributed by atoms with Gasteiger partial charge in [-0.3, -0.25) is 0 Å². The van der Waals surface area contributed by atoms with Gasteiger partial charge in [0, 0.05) is 32.7 Å². The maximum absolute atomic E-state index is 5.06. The second-order valence-electron chi connectivity index (χ2n) is 1.10. The van der Waals surface area contributed by atoms with E-state index in [2.05, 4.69) is 6.08 Å². The van der Waals surface area contributed by atoms with Crippen molar-refractivity contribution in [2.45, 2.75) is 13.8 Å². The van der Waals surface area contributed by atoms with Gasteiger partial charge in [0.2, 0.25) is 0 Å². The SMILES string of the molecule is [CH-]=CC(C)=[C-]C.[Y]. The maximum Gasteiger partial charge on any atom is 0 e. The summed E-state index contributed by atoms with van der Waals surface area (Å²) in [5.74, 6) is 0. The molecule has 0 saturated carbocycles. The van der Waals surface area contributed by atoms with E-state index >= 15 is 0 Å². The summed E-state index contributed by atoms with van der Waals surface area (Å²) in [6.07, 6.45) is 4.38. The molecule has 0 fully saturated rings. The third-order valence-electron chi connectivity index (χ3n) is 0.644. The molecule has 0 spiro atoms. The molecule has 0 aliphatic carbocycles. The molecule has 0 aromatic carbocycles. The van der Waals surface area contributed by atoms with Crippen LogP contribution in [0.15, 0.2) is 11.6 Å². The van der Waals surface area contributed by atoms with Crippen LogP contribution in [0.3, 0.4) is 0 Å². The summed E-state index contributed by atoms with van der Waals surface area (Å²) in [4.78, 5) is 0. The normalized spacial score (nSPS) is 9.71. The van der Waals surface area contributed by atoms with Gasteiger partial charge >= 0.3 is 0 Å². The van der Waals surface area contributed by atoms with Gasteiger partial charge < -0.3 is 24.3 Å². The minimum atomic E-state index is 0. The van der Waals surface area contributed by atoms with Crippen LogP contribution >= 0.6 is 0 Å². The molecule has 0 N–H and O–H groups in total. The van der Waals surface area contributed by atoms with Crippen LogP contribution in [0.1, 0.15) is 13.8 Å². The second kappa shape index (κ2) is 6.58. The maximum atomic E-state index is 5.06. The van der Waals surface area contributed by atoms with E-state index in [0.717, 1.165) is 5.57 Å². The molecule has 0 aliphatic heterocycles. The van der Waals surface area contributed by atoms with Crippen molar-refractivity contribution in [1.29, 1.82) is 0 Å². The van der Waals surface area contributed by atoms with Crippen molar-refractivity contribution in [2.24, 2.45) is 0 Å². The van der Waals surface area contributed by atoms with Gasteiger partial charge in [-0.05, 0) is 0 Å². The third kappa shape index (κ3) is 6.58. The quantitative estimate of drug-likeness (QED) is 0.414. The Labute approximate surface area is 70.6 Å². The van der Waals surface area contributed by atoms with Crippen LogP contribution in [0, 0.1) is 12.7 Å². The van der Waals surface area contributed by atoms with Crippen LogP contribution in [0.5, 0.6) is 0 Å². The molecule has 37 valence electrons. The van der Waals surface area contributed by atoms with E-state index in [4.69, 9.17) is 6.58 Å². The van der Waals surface area contributed by atoms with Crippen LogP contribution in [-0.4, -0.2) is 0 Å². The van der Waals surface area contributed by atoms with Gasteiger partial charge in [-0.15, -0.1) is 13.8 Å². The fourth-order valence-corrected chi connectivity index (χ4v) is 0.0833. The van der Waals surface area contributed by atoms with Crippen molar-refractivity contribution in [1.82, 2.24) is 0 Å². The van der Waals surface area contributed by atoms with Crippen LogP contribution in [0.4, 0.5) is 0 Å². The molecular weight excluding hydrogens is 161 g/mol. The molecule has 0 unspecified atom stereocenters. The zero-order chi connectivity index (χ0) is 4.99. The Morgan fingerprint density at radius 3 is 2.14 bits per heavy atom. The molecule has 0 rings (SSSR count). The predicted octanol–water partition coefficient (Wildman–Crippen LogP) is 1.74. The summed E-state index contributed by atoms with van der Waals surface area (Å²) in [5.41, 5.74) is 0.995.